The summed E-state index contributed by atoms with van der Waals surface area (Å²) in [6, 6.07) is 7.98. The number of aryl methyl sites for hydroxylation is 2. The van der Waals surface area contributed by atoms with Gasteiger partial charge in [0.1, 0.15) is 0 Å². The van der Waals surface area contributed by atoms with Crippen LogP contribution in [0.4, 0.5) is 0 Å². The average molecular weight is 295 g/mol. The molecule has 1 unspecified atom stereocenters. The maximum Gasteiger partial charge on any atom is 0.222 e. The molecule has 1 aliphatic rings. The van der Waals surface area contributed by atoms with Gasteiger partial charge in [0, 0.05) is 19.5 Å². The van der Waals surface area contributed by atoms with Crippen molar-refractivity contribution in [1.82, 2.24) is 4.90 Å². The number of carbonyl (C=O) groups is 1. The Hall–Kier alpha value is -1.36. The van der Waals surface area contributed by atoms with Gasteiger partial charge < -0.3 is 4.90 Å². The van der Waals surface area contributed by atoms with Crippen LogP contribution in [-0.4, -0.2) is 43.8 Å². The summed E-state index contributed by atoms with van der Waals surface area (Å²) < 4.78 is 22.9. The number of sulfone groups is 1. The van der Waals surface area contributed by atoms with Crippen molar-refractivity contribution in [1.29, 1.82) is 0 Å². The van der Waals surface area contributed by atoms with Crippen LogP contribution < -0.4 is 0 Å². The van der Waals surface area contributed by atoms with E-state index in [2.05, 4.69) is 0 Å². The van der Waals surface area contributed by atoms with Crippen LogP contribution in [0, 0.1) is 6.92 Å². The van der Waals surface area contributed by atoms with Crippen molar-refractivity contribution in [2.75, 3.05) is 18.6 Å². The fraction of sp³-hybridized carbons (Fsp3) is 0.533. The van der Waals surface area contributed by atoms with Gasteiger partial charge in [0.25, 0.3) is 0 Å². The van der Waals surface area contributed by atoms with E-state index in [9.17, 15) is 13.2 Å². The highest BCUT2D eigenvalue weighted by Gasteiger charge is 2.32. The summed E-state index contributed by atoms with van der Waals surface area (Å²) in [6.07, 6.45) is 1.69. The molecule has 0 N–H and O–H groups in total. The van der Waals surface area contributed by atoms with Crippen molar-refractivity contribution < 1.29 is 13.2 Å². The van der Waals surface area contributed by atoms with Crippen LogP contribution >= 0.6 is 0 Å². The minimum absolute atomic E-state index is 0.0210. The van der Waals surface area contributed by atoms with Crippen molar-refractivity contribution >= 4 is 15.7 Å². The third kappa shape index (κ3) is 3.82. The molecule has 2 rings (SSSR count). The smallest absolute Gasteiger partial charge is 0.222 e. The SMILES string of the molecule is Cc1ccc(CCC(=O)N(C)C2CCS(=O)(=O)C2)cc1. The summed E-state index contributed by atoms with van der Waals surface area (Å²) in [4.78, 5) is 13.7. The predicted octanol–water partition coefficient (Wildman–Crippen LogP) is 1.57. The number of amides is 1. The normalized spacial score (nSPS) is 20.8. The molecule has 1 heterocycles. The Morgan fingerprint density at radius 1 is 1.30 bits per heavy atom. The van der Waals surface area contributed by atoms with Gasteiger partial charge in [-0.1, -0.05) is 29.8 Å². The van der Waals surface area contributed by atoms with Crippen molar-refractivity contribution in [2.24, 2.45) is 0 Å². The van der Waals surface area contributed by atoms with E-state index in [1.165, 1.54) is 5.56 Å². The van der Waals surface area contributed by atoms with Crippen LogP contribution in [0.2, 0.25) is 0 Å². The molecule has 4 nitrogen and oxygen atoms in total. The Bertz CT molecular complexity index is 578. The van der Waals surface area contributed by atoms with Gasteiger partial charge in [-0.3, -0.25) is 4.79 Å². The van der Waals surface area contributed by atoms with E-state index in [-0.39, 0.29) is 23.5 Å². The molecule has 0 radical (unpaired) electrons. The van der Waals surface area contributed by atoms with E-state index < -0.39 is 9.84 Å². The molecule has 1 amide bonds. The third-order valence-electron chi connectivity index (χ3n) is 3.90. The fourth-order valence-electron chi connectivity index (χ4n) is 2.47. The van der Waals surface area contributed by atoms with E-state index in [0.29, 0.717) is 19.3 Å². The first-order valence-corrected chi connectivity index (χ1v) is 8.71. The van der Waals surface area contributed by atoms with Crippen LogP contribution in [0.3, 0.4) is 0 Å². The Morgan fingerprint density at radius 3 is 2.50 bits per heavy atom. The highest BCUT2D eigenvalue weighted by atomic mass is 32.2. The predicted molar refractivity (Wildman–Crippen MR) is 79.3 cm³/mol. The maximum absolute atomic E-state index is 12.1. The highest BCUT2D eigenvalue weighted by molar-refractivity contribution is 7.91. The summed E-state index contributed by atoms with van der Waals surface area (Å²) >= 11 is 0. The van der Waals surface area contributed by atoms with Crippen molar-refractivity contribution in [3.05, 3.63) is 35.4 Å². The molecule has 1 aromatic rings. The molecular formula is C15H21NO3S. The van der Waals surface area contributed by atoms with Gasteiger partial charge in [0.05, 0.1) is 11.5 Å². The van der Waals surface area contributed by atoms with Gasteiger partial charge in [0.2, 0.25) is 5.91 Å². The maximum atomic E-state index is 12.1. The number of hydrogen-bond acceptors (Lipinski definition) is 3. The standard InChI is InChI=1S/C15H21NO3S/c1-12-3-5-13(6-4-12)7-8-15(17)16(2)14-9-10-20(18,19)11-14/h3-6,14H,7-11H2,1-2H3. The van der Waals surface area contributed by atoms with Crippen molar-refractivity contribution in [3.63, 3.8) is 0 Å². The molecule has 0 bridgehead atoms. The Balaban J connectivity index is 1.87. The van der Waals surface area contributed by atoms with E-state index in [4.69, 9.17) is 0 Å². The summed E-state index contributed by atoms with van der Waals surface area (Å²) in [7, 11) is -1.23. The molecule has 1 aromatic carbocycles. The quantitative estimate of drug-likeness (QED) is 0.847. The fourth-order valence-corrected chi connectivity index (χ4v) is 4.24. The van der Waals surface area contributed by atoms with Crippen LogP contribution in [0.5, 0.6) is 0 Å². The minimum atomic E-state index is -2.94. The van der Waals surface area contributed by atoms with Crippen LogP contribution in [-0.2, 0) is 21.1 Å². The van der Waals surface area contributed by atoms with Crippen molar-refractivity contribution in [3.8, 4) is 0 Å². The first-order valence-electron chi connectivity index (χ1n) is 6.89. The lowest BCUT2D eigenvalue weighted by atomic mass is 10.1. The van der Waals surface area contributed by atoms with Gasteiger partial charge in [-0.15, -0.1) is 0 Å². The summed E-state index contributed by atoms with van der Waals surface area (Å²) in [5.74, 6) is 0.334. The van der Waals surface area contributed by atoms with E-state index in [0.717, 1.165) is 5.56 Å². The van der Waals surface area contributed by atoms with Crippen molar-refractivity contribution in [2.45, 2.75) is 32.2 Å². The Kier molecular flexibility index (Phi) is 4.48. The lowest BCUT2D eigenvalue weighted by Crippen LogP contribution is -2.37. The first-order chi connectivity index (χ1) is 9.37. The molecule has 1 fully saturated rings. The lowest BCUT2D eigenvalue weighted by Gasteiger charge is -2.23. The molecule has 1 atom stereocenters. The molecule has 5 heteroatoms. The number of carbonyl (C=O) groups excluding carboxylic acids is 1. The Labute approximate surface area is 120 Å². The van der Waals surface area contributed by atoms with Crippen LogP contribution in [0.1, 0.15) is 24.0 Å². The molecule has 0 spiro atoms. The lowest BCUT2D eigenvalue weighted by molar-refractivity contribution is -0.131. The third-order valence-corrected chi connectivity index (χ3v) is 5.65. The van der Waals surface area contributed by atoms with Gasteiger partial charge in [-0.2, -0.15) is 0 Å². The molecule has 0 aromatic heterocycles. The van der Waals surface area contributed by atoms with Gasteiger partial charge in [0.15, 0.2) is 9.84 Å². The zero-order chi connectivity index (χ0) is 14.8. The second kappa shape index (κ2) is 5.95. The summed E-state index contributed by atoms with van der Waals surface area (Å²) in [6.45, 7) is 2.03. The number of benzene rings is 1. The topological polar surface area (TPSA) is 54.5 Å². The average Bonchev–Trinajstić information content (AvgIpc) is 2.77. The van der Waals surface area contributed by atoms with E-state index in [1.54, 1.807) is 11.9 Å². The second-order valence-electron chi connectivity index (χ2n) is 5.55. The zero-order valence-corrected chi connectivity index (χ0v) is 12.8. The number of hydrogen-bond donors (Lipinski definition) is 0. The largest absolute Gasteiger partial charge is 0.342 e. The number of nitrogens with zero attached hydrogens (tertiary/aromatic N) is 1. The van der Waals surface area contributed by atoms with Crippen LogP contribution in [0.15, 0.2) is 24.3 Å². The highest BCUT2D eigenvalue weighted by Crippen LogP contribution is 2.17. The first kappa shape index (κ1) is 15.0. The molecule has 0 aliphatic carbocycles. The van der Waals surface area contributed by atoms with Crippen LogP contribution in [0.25, 0.3) is 0 Å². The molecular weight excluding hydrogens is 274 g/mol. The van der Waals surface area contributed by atoms with Gasteiger partial charge in [-0.25, -0.2) is 8.42 Å². The molecule has 110 valence electrons. The van der Waals surface area contributed by atoms with E-state index in [1.807, 2.05) is 31.2 Å². The monoisotopic (exact) mass is 295 g/mol. The van der Waals surface area contributed by atoms with E-state index >= 15 is 0 Å². The molecule has 1 aliphatic heterocycles. The minimum Gasteiger partial charge on any atom is -0.342 e. The Morgan fingerprint density at radius 2 is 1.95 bits per heavy atom. The number of rotatable bonds is 4. The zero-order valence-electron chi connectivity index (χ0n) is 12.0. The van der Waals surface area contributed by atoms with Gasteiger partial charge in [-0.05, 0) is 25.3 Å². The summed E-state index contributed by atoms with van der Waals surface area (Å²) in [5, 5.41) is 0. The molecule has 1 saturated heterocycles. The summed E-state index contributed by atoms with van der Waals surface area (Å²) in [5.41, 5.74) is 2.34. The molecule has 0 saturated carbocycles. The molecule has 20 heavy (non-hydrogen) atoms. The van der Waals surface area contributed by atoms with Gasteiger partial charge >= 0.3 is 0 Å². The second-order valence-corrected chi connectivity index (χ2v) is 7.78.